The lowest BCUT2D eigenvalue weighted by Crippen LogP contribution is -2.48. The van der Waals surface area contributed by atoms with Gasteiger partial charge in [0.2, 0.25) is 0 Å². The highest BCUT2D eigenvalue weighted by Crippen LogP contribution is 2.44. The van der Waals surface area contributed by atoms with Gasteiger partial charge >= 0.3 is 0 Å². The Morgan fingerprint density at radius 2 is 0.609 bits per heavy atom. The number of aromatic amines is 4. The quantitative estimate of drug-likeness (QED) is 0.0735. The Labute approximate surface area is 657 Å². The van der Waals surface area contributed by atoms with Crippen LogP contribution in [0.25, 0.3) is 44.1 Å². The van der Waals surface area contributed by atoms with Crippen molar-refractivity contribution in [1.82, 2.24) is 99.3 Å². The van der Waals surface area contributed by atoms with Crippen LogP contribution in [0, 0.1) is 0 Å². The fraction of sp³-hybridized carbons (Fsp3) is 0.333. The molecule has 0 atom stereocenters. The molecule has 4 spiro atoms. The average molecular weight is 1660 g/mol. The van der Waals surface area contributed by atoms with Crippen LogP contribution in [-0.2, 0) is 22.7 Å². The number of aromatic nitrogens is 16. The summed E-state index contributed by atoms with van der Waals surface area (Å²) in [6.45, 7) is 0. The van der Waals surface area contributed by atoms with Gasteiger partial charge in [0, 0.05) is 24.8 Å². The molecule has 0 unspecified atom stereocenters. The number of halogens is 6. The maximum absolute atomic E-state index is 13.3. The van der Waals surface area contributed by atoms with E-state index in [4.69, 9.17) is 52.1 Å². The van der Waals surface area contributed by atoms with E-state index in [0.717, 1.165) is 156 Å². The molecule has 13 N–H and O–H groups in total. The molecule has 4 aliphatic heterocycles. The van der Waals surface area contributed by atoms with Crippen molar-refractivity contribution in [3.63, 3.8) is 0 Å². The molecule has 16 heterocycles. The first kappa shape index (κ1) is 74.7. The molecule has 32 nitrogen and oxygen atoms in total. The molecule has 8 aliphatic rings. The van der Waals surface area contributed by atoms with Gasteiger partial charge in [-0.3, -0.25) is 56.6 Å². The smallest absolute Gasteiger partial charge is 0.276 e. The number of carbonyl (C=O) groups is 4. The molecule has 568 valence electrons. The molecule has 4 fully saturated rings. The largest absolute Gasteiger partial charge is 0.383 e. The van der Waals surface area contributed by atoms with E-state index < -0.39 is 22.7 Å². The highest BCUT2D eigenvalue weighted by Gasteiger charge is 2.50. The van der Waals surface area contributed by atoms with E-state index in [0.29, 0.717) is 55.4 Å². The molecular formula is C72H70BrCl5N24O8. The van der Waals surface area contributed by atoms with Gasteiger partial charge < -0.3 is 62.9 Å². The number of nitrogen functional groups attached to an aromatic ring is 1. The standard InChI is InChI=1S/3C18H17ClN6O2.C12H12BrClN2O2.C6H6N4.ClH/c3*19-11-8-12(23-15-10-4-7-20-14(10)21-9-22-15)17(27)25-13(11)16(26)24-18(25)5-2-1-3-6-18;13-7-6-8(14)9-10(17)15-12(16(9)11(7)18)4-2-1-3-5-12;7-5-4-1-2-8-6(4)10-3-9-5;/h3*4,7-9H,1-3,5-6H2,(H,24,26)(H2,20,21,22,23);6H,1-5H2,(H,15,17);1-3H,(H3,7,8,9,10);1H. The third kappa shape index (κ3) is 13.2. The number of anilines is 7. The number of hydrogen-bond donors (Lipinski definition) is 12. The van der Waals surface area contributed by atoms with Crippen LogP contribution in [0.3, 0.4) is 0 Å². The van der Waals surface area contributed by atoms with Crippen LogP contribution in [-0.4, -0.2) is 102 Å². The summed E-state index contributed by atoms with van der Waals surface area (Å²) in [6.07, 6.45) is 30.9. The third-order valence-corrected chi connectivity index (χ3v) is 23.2. The number of rotatable bonds is 6. The molecule has 110 heavy (non-hydrogen) atoms. The summed E-state index contributed by atoms with van der Waals surface area (Å²) in [5.74, 6) is 0.916. The van der Waals surface area contributed by atoms with Crippen LogP contribution < -0.4 is 65.2 Å². The van der Waals surface area contributed by atoms with Crippen LogP contribution in [0.5, 0.6) is 0 Å². The van der Waals surface area contributed by atoms with E-state index >= 15 is 0 Å². The van der Waals surface area contributed by atoms with E-state index in [1.54, 1.807) is 43.1 Å². The summed E-state index contributed by atoms with van der Waals surface area (Å²) < 4.78 is 6.61. The minimum Gasteiger partial charge on any atom is -0.383 e. The number of nitrogens with zero attached hydrogens (tertiary/aromatic N) is 12. The van der Waals surface area contributed by atoms with Crippen molar-refractivity contribution in [2.24, 2.45) is 0 Å². The summed E-state index contributed by atoms with van der Waals surface area (Å²) in [4.78, 5) is 147. The first-order valence-corrected chi connectivity index (χ1v) is 38.0. The lowest BCUT2D eigenvalue weighted by molar-refractivity contribution is 0.0867. The zero-order chi connectivity index (χ0) is 75.7. The minimum absolute atomic E-state index is 0. The van der Waals surface area contributed by atoms with Crippen LogP contribution in [0.4, 0.5) is 40.3 Å². The Morgan fingerprint density at radius 3 is 0.900 bits per heavy atom. The first-order chi connectivity index (χ1) is 52.7. The van der Waals surface area contributed by atoms with Crippen LogP contribution >= 0.6 is 74.7 Å². The number of hydrogen-bond acceptors (Lipinski definition) is 20. The van der Waals surface area contributed by atoms with E-state index in [1.807, 2.05) is 24.3 Å². The monoisotopic (exact) mass is 1650 g/mol. The topological polar surface area (TPSA) is 433 Å². The Hall–Kier alpha value is -10.7. The predicted octanol–water partition coefficient (Wildman–Crippen LogP) is 12.2. The van der Waals surface area contributed by atoms with Crippen molar-refractivity contribution >= 4 is 183 Å². The predicted molar refractivity (Wildman–Crippen MR) is 422 cm³/mol. The van der Waals surface area contributed by atoms with Gasteiger partial charge in [-0.05, 0) is 167 Å². The van der Waals surface area contributed by atoms with E-state index in [1.165, 1.54) is 49.6 Å². The summed E-state index contributed by atoms with van der Waals surface area (Å²) in [7, 11) is 0. The molecule has 12 aromatic rings. The number of fused-ring (bicyclic) bond motifs is 12. The number of nitrogens with two attached hydrogens (primary N) is 1. The molecule has 4 amide bonds. The molecule has 0 saturated heterocycles. The Balaban J connectivity index is 0.000000112. The molecule has 0 bridgehead atoms. The van der Waals surface area contributed by atoms with Gasteiger partial charge in [-0.25, -0.2) is 39.9 Å². The van der Waals surface area contributed by atoms with Crippen LogP contribution in [0.2, 0.25) is 20.1 Å². The first-order valence-electron chi connectivity index (χ1n) is 35.7. The van der Waals surface area contributed by atoms with E-state index in [9.17, 15) is 38.4 Å². The van der Waals surface area contributed by atoms with Crippen molar-refractivity contribution in [3.05, 3.63) is 187 Å². The highest BCUT2D eigenvalue weighted by atomic mass is 79.9. The molecule has 4 aliphatic carbocycles. The van der Waals surface area contributed by atoms with Gasteiger partial charge in [-0.2, -0.15) is 0 Å². The van der Waals surface area contributed by atoms with Gasteiger partial charge in [0.25, 0.3) is 45.9 Å². The van der Waals surface area contributed by atoms with Gasteiger partial charge in [-0.1, -0.05) is 72.1 Å². The number of H-pyrrole nitrogens is 4. The molecule has 4 saturated carbocycles. The maximum atomic E-state index is 13.3. The lowest BCUT2D eigenvalue weighted by atomic mass is 9.89. The van der Waals surface area contributed by atoms with E-state index in [2.05, 4.69) is 113 Å². The van der Waals surface area contributed by atoms with Gasteiger partial charge in [0.1, 0.15) is 134 Å². The maximum Gasteiger partial charge on any atom is 0.276 e. The lowest BCUT2D eigenvalue weighted by Gasteiger charge is -2.35. The third-order valence-electron chi connectivity index (χ3n) is 21.5. The number of amides is 4. The van der Waals surface area contributed by atoms with Crippen molar-refractivity contribution in [2.45, 2.75) is 151 Å². The van der Waals surface area contributed by atoms with Crippen molar-refractivity contribution in [1.29, 1.82) is 0 Å². The Bertz CT molecular complexity index is 5520. The molecule has 12 aromatic heterocycles. The second-order valence-corrected chi connectivity index (χ2v) is 30.4. The second-order valence-electron chi connectivity index (χ2n) is 28.0. The SMILES string of the molecule is Cl.Nc1ncnc2[nH]ccc12.O=C1NC2(CCCCC2)n2c1c(Cl)cc(Br)c2=O.O=C1NC2(CCCCC2)n2c1c(Cl)cc(Nc1ncnc3[nH]ccc13)c2=O.O=C1NC2(CCCCC2)n2c1c(Cl)cc(Nc1ncnc3[nH]ccc13)c2=O.O=C1NC2(CCCCC2)n2c1c(Cl)cc(Nc1ncnc3[nH]ccc13)c2=O. The average Bonchev–Trinajstić information content (AvgIpc) is 1.60. The Morgan fingerprint density at radius 1 is 0.355 bits per heavy atom. The van der Waals surface area contributed by atoms with Crippen molar-refractivity contribution < 1.29 is 19.2 Å². The second kappa shape index (κ2) is 29.9. The van der Waals surface area contributed by atoms with Crippen molar-refractivity contribution in [2.75, 3.05) is 21.7 Å². The normalized spacial score (nSPS) is 17.5. The highest BCUT2D eigenvalue weighted by molar-refractivity contribution is 9.10. The zero-order valence-electron chi connectivity index (χ0n) is 58.4. The minimum atomic E-state index is -0.682. The number of carbonyl (C=O) groups excluding carboxylic acids is 4. The number of pyridine rings is 4. The van der Waals surface area contributed by atoms with Gasteiger partial charge in [-0.15, -0.1) is 12.4 Å². The molecule has 38 heteroatoms. The van der Waals surface area contributed by atoms with Crippen LogP contribution in [0.15, 0.2) is 122 Å². The Kier molecular flexibility index (Phi) is 20.3. The molecular weight excluding hydrogens is 1590 g/mol. The summed E-state index contributed by atoms with van der Waals surface area (Å²) in [5, 5.41) is 25.5. The summed E-state index contributed by atoms with van der Waals surface area (Å²) in [5.41, 5.74) is 6.55. The van der Waals surface area contributed by atoms with Crippen LogP contribution in [0.1, 0.15) is 170 Å². The molecule has 0 aromatic carbocycles. The fourth-order valence-corrected chi connectivity index (χ4v) is 18.1. The summed E-state index contributed by atoms with van der Waals surface area (Å²) in [6, 6.07) is 13.3. The number of nitrogens with one attached hydrogen (secondary N) is 11. The summed E-state index contributed by atoms with van der Waals surface area (Å²) >= 11 is 28.5. The zero-order valence-corrected chi connectivity index (χ0v) is 63.8. The van der Waals surface area contributed by atoms with Gasteiger partial charge in [0.05, 0.1) is 46.1 Å². The molecule has 0 radical (unpaired) electrons. The van der Waals surface area contributed by atoms with Crippen molar-refractivity contribution in [3.8, 4) is 0 Å². The van der Waals surface area contributed by atoms with Gasteiger partial charge in [0.15, 0.2) is 0 Å². The fourth-order valence-electron chi connectivity index (χ4n) is 16.5. The van der Waals surface area contributed by atoms with E-state index in [-0.39, 0.29) is 107 Å². The molecule has 20 rings (SSSR count).